The molecule has 0 heterocycles. The Hall–Kier alpha value is -1.81. The summed E-state index contributed by atoms with van der Waals surface area (Å²) in [5.41, 5.74) is 7.37. The van der Waals surface area contributed by atoms with E-state index in [2.05, 4.69) is 6.58 Å². The van der Waals surface area contributed by atoms with Crippen molar-refractivity contribution in [3.05, 3.63) is 42.5 Å². The summed E-state index contributed by atoms with van der Waals surface area (Å²) in [5.74, 6) is -0.981. The number of para-hydroxylation sites is 1. The molecule has 0 fully saturated rings. The van der Waals surface area contributed by atoms with E-state index in [1.165, 1.54) is 0 Å². The van der Waals surface area contributed by atoms with Crippen molar-refractivity contribution < 1.29 is 15.0 Å². The molecule has 0 aliphatic heterocycles. The highest BCUT2D eigenvalue weighted by Crippen LogP contribution is 2.09. The molecule has 0 bridgehead atoms. The number of nitrogens with two attached hydrogens (primary N) is 1. The van der Waals surface area contributed by atoms with Crippen molar-refractivity contribution in [1.29, 1.82) is 0 Å². The van der Waals surface area contributed by atoms with Gasteiger partial charge in [0.25, 0.3) is 0 Å². The molecule has 0 aliphatic rings. The number of rotatable bonds is 3. The molecule has 0 amide bonds. The van der Waals surface area contributed by atoms with Crippen molar-refractivity contribution >= 4 is 11.7 Å². The van der Waals surface area contributed by atoms with E-state index in [4.69, 9.17) is 15.9 Å². The molecule has 4 N–H and O–H groups in total. The topological polar surface area (TPSA) is 83.5 Å². The van der Waals surface area contributed by atoms with E-state index < -0.39 is 5.97 Å². The second-order valence-corrected chi connectivity index (χ2v) is 2.71. The Morgan fingerprint density at radius 3 is 2.40 bits per heavy atom. The fourth-order valence-corrected chi connectivity index (χ4v) is 0.882. The van der Waals surface area contributed by atoms with Gasteiger partial charge in [0, 0.05) is 18.4 Å². The monoisotopic (exact) mass is 209 g/mol. The lowest BCUT2D eigenvalue weighted by Gasteiger charge is -2.00. The minimum absolute atomic E-state index is 0.161. The molecule has 82 valence electrons. The average molecular weight is 209 g/mol. The first-order chi connectivity index (χ1) is 7.11. The first-order valence-corrected chi connectivity index (χ1v) is 4.41. The number of hydrogen-bond acceptors (Lipinski definition) is 3. The van der Waals surface area contributed by atoms with Gasteiger partial charge < -0.3 is 15.9 Å². The summed E-state index contributed by atoms with van der Waals surface area (Å²) in [6.07, 6.45) is 1.48. The zero-order valence-corrected chi connectivity index (χ0v) is 8.39. The Balaban J connectivity index is 0.000000336. The molecular weight excluding hydrogens is 194 g/mol. The summed E-state index contributed by atoms with van der Waals surface area (Å²) < 4.78 is 0. The third-order valence-corrected chi connectivity index (χ3v) is 1.61. The van der Waals surface area contributed by atoms with Gasteiger partial charge in [-0.1, -0.05) is 24.8 Å². The van der Waals surface area contributed by atoms with Crippen LogP contribution in [0.4, 0.5) is 5.69 Å². The summed E-state index contributed by atoms with van der Waals surface area (Å²) in [6.45, 7) is 3.12. The highest BCUT2D eigenvalue weighted by atomic mass is 16.4. The number of aliphatic carboxylic acids is 1. The highest BCUT2D eigenvalue weighted by Gasteiger charge is 1.93. The number of benzene rings is 1. The van der Waals surface area contributed by atoms with Crippen LogP contribution >= 0.6 is 0 Å². The maximum Gasteiger partial charge on any atom is 0.327 e. The zero-order chi connectivity index (χ0) is 11.7. The van der Waals surface area contributed by atoms with Crippen LogP contribution < -0.4 is 5.73 Å². The number of hydrogen-bond donors (Lipinski definition) is 3. The predicted molar refractivity (Wildman–Crippen MR) is 59.5 cm³/mol. The normalized spacial score (nSPS) is 8.60. The molecular formula is C11H15NO3. The Morgan fingerprint density at radius 1 is 1.47 bits per heavy atom. The van der Waals surface area contributed by atoms with E-state index in [1.54, 1.807) is 0 Å². The number of aliphatic hydroxyl groups excluding tert-OH is 1. The standard InChI is InChI=1S/C8H11NO.C3H4O2/c9-8-4-2-1-3-7(8)5-6-10;1-2-3(4)5/h1-4,10H,5-6,9H2;2H,1H2,(H,4,5). The molecule has 0 atom stereocenters. The van der Waals surface area contributed by atoms with Crippen LogP contribution in [0, 0.1) is 0 Å². The molecule has 1 aromatic carbocycles. The number of nitrogen functional groups attached to an aromatic ring is 1. The molecule has 4 heteroatoms. The lowest BCUT2D eigenvalue weighted by atomic mass is 10.1. The molecule has 15 heavy (non-hydrogen) atoms. The first-order valence-electron chi connectivity index (χ1n) is 4.41. The van der Waals surface area contributed by atoms with Crippen molar-refractivity contribution in [2.75, 3.05) is 12.3 Å². The van der Waals surface area contributed by atoms with Crippen LogP contribution in [0.3, 0.4) is 0 Å². The number of aliphatic hydroxyl groups is 1. The van der Waals surface area contributed by atoms with Gasteiger partial charge in [-0.15, -0.1) is 0 Å². The van der Waals surface area contributed by atoms with Gasteiger partial charge in [0.05, 0.1) is 0 Å². The Morgan fingerprint density at radius 2 is 2.00 bits per heavy atom. The van der Waals surface area contributed by atoms with Gasteiger partial charge in [-0.3, -0.25) is 0 Å². The largest absolute Gasteiger partial charge is 0.478 e. The lowest BCUT2D eigenvalue weighted by Crippen LogP contribution is -1.96. The van der Waals surface area contributed by atoms with E-state index in [0.29, 0.717) is 6.42 Å². The molecule has 0 saturated carbocycles. The van der Waals surface area contributed by atoms with Gasteiger partial charge in [0.2, 0.25) is 0 Å². The second-order valence-electron chi connectivity index (χ2n) is 2.71. The van der Waals surface area contributed by atoms with E-state index in [-0.39, 0.29) is 6.61 Å². The van der Waals surface area contributed by atoms with Crippen LogP contribution in [0.1, 0.15) is 5.56 Å². The van der Waals surface area contributed by atoms with Gasteiger partial charge in [-0.2, -0.15) is 0 Å². The van der Waals surface area contributed by atoms with Crippen LogP contribution in [-0.2, 0) is 11.2 Å². The summed E-state index contributed by atoms with van der Waals surface area (Å²) in [7, 11) is 0. The van der Waals surface area contributed by atoms with Crippen LogP contribution in [0.2, 0.25) is 0 Å². The summed E-state index contributed by atoms with van der Waals surface area (Å²) >= 11 is 0. The molecule has 1 rings (SSSR count). The summed E-state index contributed by atoms with van der Waals surface area (Å²) in [4.78, 5) is 9.25. The van der Waals surface area contributed by atoms with Crippen molar-refractivity contribution in [3.8, 4) is 0 Å². The fourth-order valence-electron chi connectivity index (χ4n) is 0.882. The Kier molecular flexibility index (Phi) is 6.67. The molecule has 0 saturated heterocycles. The van der Waals surface area contributed by atoms with E-state index in [9.17, 15) is 4.79 Å². The summed E-state index contributed by atoms with van der Waals surface area (Å²) in [5, 5.41) is 16.2. The second kappa shape index (κ2) is 7.58. The quantitative estimate of drug-likeness (QED) is 0.513. The maximum absolute atomic E-state index is 9.25. The van der Waals surface area contributed by atoms with Crippen LogP contribution in [0.5, 0.6) is 0 Å². The smallest absolute Gasteiger partial charge is 0.327 e. The van der Waals surface area contributed by atoms with Gasteiger partial charge >= 0.3 is 5.97 Å². The average Bonchev–Trinajstić information content (AvgIpc) is 2.23. The van der Waals surface area contributed by atoms with Crippen molar-refractivity contribution in [2.24, 2.45) is 0 Å². The molecule has 0 spiro atoms. The fraction of sp³-hybridized carbons (Fsp3) is 0.182. The van der Waals surface area contributed by atoms with Crippen LogP contribution in [0.25, 0.3) is 0 Å². The molecule has 0 aromatic heterocycles. The summed E-state index contributed by atoms with van der Waals surface area (Å²) in [6, 6.07) is 7.56. The SMILES string of the molecule is C=CC(=O)O.Nc1ccccc1CCO. The number of anilines is 1. The van der Waals surface area contributed by atoms with Gasteiger partial charge in [-0.05, 0) is 18.1 Å². The molecule has 1 aromatic rings. The van der Waals surface area contributed by atoms with E-state index in [1.807, 2.05) is 24.3 Å². The lowest BCUT2D eigenvalue weighted by molar-refractivity contribution is -0.131. The van der Waals surface area contributed by atoms with Crippen molar-refractivity contribution in [2.45, 2.75) is 6.42 Å². The predicted octanol–water partition coefficient (Wildman–Crippen LogP) is 1.06. The van der Waals surface area contributed by atoms with Crippen molar-refractivity contribution in [1.82, 2.24) is 0 Å². The number of carbonyl (C=O) groups is 1. The third kappa shape index (κ3) is 6.29. The number of carboxylic acids is 1. The maximum atomic E-state index is 9.25. The molecule has 0 aliphatic carbocycles. The number of carboxylic acid groups (broad SMARTS) is 1. The van der Waals surface area contributed by atoms with Gasteiger partial charge in [0.15, 0.2) is 0 Å². The first kappa shape index (κ1) is 13.2. The van der Waals surface area contributed by atoms with Gasteiger partial charge in [0.1, 0.15) is 0 Å². The van der Waals surface area contributed by atoms with E-state index in [0.717, 1.165) is 17.3 Å². The Labute approximate surface area is 88.7 Å². The highest BCUT2D eigenvalue weighted by molar-refractivity contribution is 5.78. The minimum Gasteiger partial charge on any atom is -0.478 e. The van der Waals surface area contributed by atoms with Crippen LogP contribution in [-0.4, -0.2) is 22.8 Å². The van der Waals surface area contributed by atoms with Gasteiger partial charge in [-0.25, -0.2) is 4.79 Å². The van der Waals surface area contributed by atoms with Crippen LogP contribution in [0.15, 0.2) is 36.9 Å². The molecule has 4 nitrogen and oxygen atoms in total. The Bertz CT molecular complexity index is 323. The van der Waals surface area contributed by atoms with Crippen molar-refractivity contribution in [3.63, 3.8) is 0 Å². The molecule has 0 radical (unpaired) electrons. The zero-order valence-electron chi connectivity index (χ0n) is 8.39. The molecule has 0 unspecified atom stereocenters. The minimum atomic E-state index is -0.981. The van der Waals surface area contributed by atoms with E-state index >= 15 is 0 Å². The third-order valence-electron chi connectivity index (χ3n) is 1.61.